The van der Waals surface area contributed by atoms with Crippen LogP contribution in [-0.2, 0) is 0 Å². The molecule has 2 N–H and O–H groups in total. The Morgan fingerprint density at radius 1 is 1.62 bits per heavy atom. The molecule has 0 aromatic heterocycles. The van der Waals surface area contributed by atoms with Gasteiger partial charge in [0.25, 0.3) is 5.91 Å². The van der Waals surface area contributed by atoms with Gasteiger partial charge in [-0.2, -0.15) is 0 Å². The molecule has 1 aromatic rings. The van der Waals surface area contributed by atoms with Crippen molar-refractivity contribution in [1.82, 2.24) is 4.90 Å². The molecular formula is C10H10BrFN2OS. The highest BCUT2D eigenvalue weighted by atomic mass is 79.9. The number of rotatable bonds is 3. The molecule has 0 aliphatic rings. The maximum atomic E-state index is 13.2. The summed E-state index contributed by atoms with van der Waals surface area (Å²) in [5.74, 6) is -0.797. The summed E-state index contributed by atoms with van der Waals surface area (Å²) >= 11 is 7.70. The Morgan fingerprint density at radius 3 is 2.75 bits per heavy atom. The van der Waals surface area contributed by atoms with Gasteiger partial charge in [-0.3, -0.25) is 4.79 Å². The quantitative estimate of drug-likeness (QED) is 0.868. The van der Waals surface area contributed by atoms with Crippen LogP contribution in [0.1, 0.15) is 10.4 Å². The highest BCUT2D eigenvalue weighted by Crippen LogP contribution is 2.17. The fourth-order valence-corrected chi connectivity index (χ4v) is 1.60. The van der Waals surface area contributed by atoms with Crippen LogP contribution in [0.4, 0.5) is 4.39 Å². The average Bonchev–Trinajstić information content (AvgIpc) is 2.20. The number of hydrogen-bond acceptors (Lipinski definition) is 2. The van der Waals surface area contributed by atoms with Gasteiger partial charge in [-0.05, 0) is 34.1 Å². The normalized spacial score (nSPS) is 9.94. The molecule has 1 amide bonds. The van der Waals surface area contributed by atoms with Crippen LogP contribution in [0.5, 0.6) is 0 Å². The SMILES string of the molecule is CN(CC(N)=S)C(=O)c1ccc(Br)c(F)c1. The third kappa shape index (κ3) is 3.24. The number of thiocarbonyl (C=S) groups is 1. The Kier molecular flexibility index (Phi) is 4.37. The van der Waals surface area contributed by atoms with Gasteiger partial charge in [0.05, 0.1) is 16.0 Å². The van der Waals surface area contributed by atoms with E-state index in [0.29, 0.717) is 4.47 Å². The number of likely N-dealkylation sites (N-methyl/N-ethyl adjacent to an activating group) is 1. The van der Waals surface area contributed by atoms with E-state index in [2.05, 4.69) is 28.1 Å². The van der Waals surface area contributed by atoms with Crippen molar-refractivity contribution in [3.63, 3.8) is 0 Å². The second-order valence-electron chi connectivity index (χ2n) is 3.26. The number of benzene rings is 1. The summed E-state index contributed by atoms with van der Waals surface area (Å²) in [5, 5.41) is 0. The van der Waals surface area contributed by atoms with Crippen molar-refractivity contribution in [1.29, 1.82) is 0 Å². The van der Waals surface area contributed by atoms with Gasteiger partial charge in [-0.15, -0.1) is 0 Å². The summed E-state index contributed by atoms with van der Waals surface area (Å²) in [4.78, 5) is 13.3. The van der Waals surface area contributed by atoms with Gasteiger partial charge in [0.15, 0.2) is 0 Å². The predicted octanol–water partition coefficient (Wildman–Crippen LogP) is 1.95. The van der Waals surface area contributed by atoms with E-state index in [1.165, 1.54) is 23.1 Å². The lowest BCUT2D eigenvalue weighted by Crippen LogP contribution is -2.34. The molecule has 0 aliphatic carbocycles. The first kappa shape index (κ1) is 13.1. The number of nitrogens with zero attached hydrogens (tertiary/aromatic N) is 1. The summed E-state index contributed by atoms with van der Waals surface area (Å²) in [5.41, 5.74) is 5.58. The minimum atomic E-state index is -0.477. The molecule has 6 heteroatoms. The predicted molar refractivity (Wildman–Crippen MR) is 67.8 cm³/mol. The summed E-state index contributed by atoms with van der Waals surface area (Å²) in [6, 6.07) is 4.19. The molecule has 3 nitrogen and oxygen atoms in total. The van der Waals surface area contributed by atoms with Crippen LogP contribution < -0.4 is 5.73 Å². The van der Waals surface area contributed by atoms with Crippen molar-refractivity contribution in [2.75, 3.05) is 13.6 Å². The van der Waals surface area contributed by atoms with Gasteiger partial charge >= 0.3 is 0 Å². The van der Waals surface area contributed by atoms with E-state index in [1.807, 2.05) is 0 Å². The molecule has 86 valence electrons. The molecule has 1 rings (SSSR count). The monoisotopic (exact) mass is 304 g/mol. The summed E-state index contributed by atoms with van der Waals surface area (Å²) in [7, 11) is 1.56. The van der Waals surface area contributed by atoms with Gasteiger partial charge < -0.3 is 10.6 Å². The average molecular weight is 305 g/mol. The minimum Gasteiger partial charge on any atom is -0.392 e. The van der Waals surface area contributed by atoms with E-state index in [-0.39, 0.29) is 23.0 Å². The van der Waals surface area contributed by atoms with Crippen molar-refractivity contribution in [2.24, 2.45) is 5.73 Å². The van der Waals surface area contributed by atoms with Gasteiger partial charge in [-0.25, -0.2) is 4.39 Å². The summed E-state index contributed by atoms with van der Waals surface area (Å²) in [6.07, 6.45) is 0. The molecule has 0 bridgehead atoms. The Hall–Kier alpha value is -1.01. The number of nitrogens with two attached hydrogens (primary N) is 1. The van der Waals surface area contributed by atoms with E-state index in [1.54, 1.807) is 7.05 Å². The molecular weight excluding hydrogens is 295 g/mol. The third-order valence-corrected chi connectivity index (χ3v) is 2.68. The first-order valence-electron chi connectivity index (χ1n) is 4.40. The topological polar surface area (TPSA) is 46.3 Å². The number of carbonyl (C=O) groups excluding carboxylic acids is 1. The van der Waals surface area contributed by atoms with Crippen LogP contribution >= 0.6 is 28.1 Å². The fraction of sp³-hybridized carbons (Fsp3) is 0.200. The van der Waals surface area contributed by atoms with Gasteiger partial charge in [-0.1, -0.05) is 12.2 Å². The van der Waals surface area contributed by atoms with Crippen LogP contribution in [0.25, 0.3) is 0 Å². The van der Waals surface area contributed by atoms with E-state index < -0.39 is 5.82 Å². The van der Waals surface area contributed by atoms with Crippen molar-refractivity contribution < 1.29 is 9.18 Å². The zero-order valence-electron chi connectivity index (χ0n) is 8.54. The molecule has 0 aliphatic heterocycles. The standard InChI is InChI=1S/C10H10BrFN2OS/c1-14(5-9(13)16)10(15)6-2-3-7(11)8(12)4-6/h2-4H,5H2,1H3,(H2,13,16). The Morgan fingerprint density at radius 2 is 2.25 bits per heavy atom. The van der Waals surface area contributed by atoms with Crippen molar-refractivity contribution in [3.8, 4) is 0 Å². The summed E-state index contributed by atoms with van der Waals surface area (Å²) < 4.78 is 13.5. The molecule has 0 spiro atoms. The molecule has 16 heavy (non-hydrogen) atoms. The second-order valence-corrected chi connectivity index (χ2v) is 4.64. The van der Waals surface area contributed by atoms with Crippen LogP contribution in [0.3, 0.4) is 0 Å². The molecule has 0 heterocycles. The maximum Gasteiger partial charge on any atom is 0.254 e. The highest BCUT2D eigenvalue weighted by Gasteiger charge is 2.13. The lowest BCUT2D eigenvalue weighted by atomic mass is 10.2. The fourth-order valence-electron chi connectivity index (χ4n) is 1.16. The van der Waals surface area contributed by atoms with Gasteiger partial charge in [0.2, 0.25) is 0 Å². The Labute approximate surface area is 107 Å². The lowest BCUT2D eigenvalue weighted by Gasteiger charge is -2.16. The number of carbonyl (C=O) groups is 1. The Bertz CT molecular complexity index is 439. The Balaban J connectivity index is 2.88. The van der Waals surface area contributed by atoms with Crippen molar-refractivity contribution in [3.05, 3.63) is 34.1 Å². The number of hydrogen-bond donors (Lipinski definition) is 1. The number of halogens is 2. The van der Waals surface area contributed by atoms with Crippen LogP contribution in [0.2, 0.25) is 0 Å². The van der Waals surface area contributed by atoms with Crippen molar-refractivity contribution >= 4 is 39.0 Å². The first-order chi connectivity index (χ1) is 7.41. The smallest absolute Gasteiger partial charge is 0.254 e. The lowest BCUT2D eigenvalue weighted by molar-refractivity contribution is 0.0814. The zero-order chi connectivity index (χ0) is 12.3. The van der Waals surface area contributed by atoms with Crippen LogP contribution in [0.15, 0.2) is 22.7 Å². The van der Waals surface area contributed by atoms with E-state index >= 15 is 0 Å². The van der Waals surface area contributed by atoms with Gasteiger partial charge in [0.1, 0.15) is 5.82 Å². The van der Waals surface area contributed by atoms with Crippen molar-refractivity contribution in [2.45, 2.75) is 0 Å². The molecule has 0 atom stereocenters. The number of amides is 1. The molecule has 0 saturated heterocycles. The van der Waals surface area contributed by atoms with E-state index in [0.717, 1.165) is 0 Å². The molecule has 0 radical (unpaired) electrons. The highest BCUT2D eigenvalue weighted by molar-refractivity contribution is 9.10. The largest absolute Gasteiger partial charge is 0.392 e. The summed E-state index contributed by atoms with van der Waals surface area (Å²) in [6.45, 7) is 0.172. The zero-order valence-corrected chi connectivity index (χ0v) is 10.9. The molecule has 0 saturated carbocycles. The van der Waals surface area contributed by atoms with Gasteiger partial charge in [0, 0.05) is 12.6 Å². The maximum absolute atomic E-state index is 13.2. The van der Waals surface area contributed by atoms with Crippen LogP contribution in [0, 0.1) is 5.82 Å². The van der Waals surface area contributed by atoms with Crippen LogP contribution in [-0.4, -0.2) is 29.4 Å². The van der Waals surface area contributed by atoms with E-state index in [9.17, 15) is 9.18 Å². The first-order valence-corrected chi connectivity index (χ1v) is 5.60. The van der Waals surface area contributed by atoms with E-state index in [4.69, 9.17) is 5.73 Å². The minimum absolute atomic E-state index is 0.172. The molecule has 0 fully saturated rings. The second kappa shape index (κ2) is 5.36. The third-order valence-electron chi connectivity index (χ3n) is 1.91. The molecule has 1 aromatic carbocycles. The molecule has 0 unspecified atom stereocenters.